The SMILES string of the molecule is Cc1ccc(C(O)CC2CCNCC2)cc1. The standard InChI is InChI=1S/C14H21NO/c1-11-2-4-13(5-3-11)14(16)10-12-6-8-15-9-7-12/h2-5,12,14-16H,6-10H2,1H3. The third kappa shape index (κ3) is 3.06. The molecule has 0 spiro atoms. The molecule has 0 aromatic heterocycles. The van der Waals surface area contributed by atoms with Crippen molar-refractivity contribution in [1.29, 1.82) is 0 Å². The second kappa shape index (κ2) is 5.46. The summed E-state index contributed by atoms with van der Waals surface area (Å²) < 4.78 is 0. The summed E-state index contributed by atoms with van der Waals surface area (Å²) in [6.45, 7) is 4.28. The van der Waals surface area contributed by atoms with Crippen molar-refractivity contribution in [3.8, 4) is 0 Å². The van der Waals surface area contributed by atoms with E-state index in [4.69, 9.17) is 0 Å². The van der Waals surface area contributed by atoms with Crippen LogP contribution in [-0.2, 0) is 0 Å². The monoisotopic (exact) mass is 219 g/mol. The first-order valence-electron chi connectivity index (χ1n) is 6.21. The largest absolute Gasteiger partial charge is 0.388 e. The minimum Gasteiger partial charge on any atom is -0.388 e. The van der Waals surface area contributed by atoms with Gasteiger partial charge in [0.1, 0.15) is 0 Å². The third-order valence-corrected chi connectivity index (χ3v) is 3.48. The van der Waals surface area contributed by atoms with E-state index in [1.165, 1.54) is 18.4 Å². The molecule has 1 aromatic rings. The average molecular weight is 219 g/mol. The van der Waals surface area contributed by atoms with Crippen LogP contribution in [0.3, 0.4) is 0 Å². The number of piperidine rings is 1. The summed E-state index contributed by atoms with van der Waals surface area (Å²) in [7, 11) is 0. The molecular weight excluding hydrogens is 198 g/mol. The summed E-state index contributed by atoms with van der Waals surface area (Å²) >= 11 is 0. The van der Waals surface area contributed by atoms with E-state index in [0.717, 1.165) is 25.1 Å². The molecule has 2 N–H and O–H groups in total. The predicted molar refractivity (Wildman–Crippen MR) is 66.3 cm³/mol. The fourth-order valence-corrected chi connectivity index (χ4v) is 2.36. The zero-order valence-electron chi connectivity index (χ0n) is 9.95. The van der Waals surface area contributed by atoms with Crippen molar-refractivity contribution >= 4 is 0 Å². The van der Waals surface area contributed by atoms with Gasteiger partial charge in [-0.05, 0) is 50.8 Å². The Kier molecular flexibility index (Phi) is 3.97. The number of rotatable bonds is 3. The Hall–Kier alpha value is -0.860. The lowest BCUT2D eigenvalue weighted by atomic mass is 9.89. The Morgan fingerprint density at radius 3 is 2.50 bits per heavy atom. The van der Waals surface area contributed by atoms with Crippen LogP contribution in [0.1, 0.15) is 36.5 Å². The molecule has 1 fully saturated rings. The van der Waals surface area contributed by atoms with Gasteiger partial charge in [-0.15, -0.1) is 0 Å². The number of hydrogen-bond acceptors (Lipinski definition) is 2. The Labute approximate surface area is 97.7 Å². The van der Waals surface area contributed by atoms with E-state index in [0.29, 0.717) is 5.92 Å². The lowest BCUT2D eigenvalue weighted by molar-refractivity contribution is 0.133. The molecular formula is C14H21NO. The fourth-order valence-electron chi connectivity index (χ4n) is 2.36. The van der Waals surface area contributed by atoms with Gasteiger partial charge in [0.2, 0.25) is 0 Å². The van der Waals surface area contributed by atoms with E-state index in [1.54, 1.807) is 0 Å². The molecule has 0 bridgehead atoms. The van der Waals surface area contributed by atoms with E-state index >= 15 is 0 Å². The van der Waals surface area contributed by atoms with Gasteiger partial charge in [-0.25, -0.2) is 0 Å². The topological polar surface area (TPSA) is 32.3 Å². The molecule has 1 heterocycles. The first kappa shape index (κ1) is 11.6. The Balaban J connectivity index is 1.91. The van der Waals surface area contributed by atoms with Crippen LogP contribution in [0.4, 0.5) is 0 Å². The Morgan fingerprint density at radius 1 is 1.25 bits per heavy atom. The van der Waals surface area contributed by atoms with E-state index in [1.807, 2.05) is 12.1 Å². The molecule has 1 aliphatic heterocycles. The van der Waals surface area contributed by atoms with Crippen LogP contribution in [0.15, 0.2) is 24.3 Å². The lowest BCUT2D eigenvalue weighted by Gasteiger charge is -2.25. The minimum atomic E-state index is -0.288. The molecule has 1 aliphatic rings. The van der Waals surface area contributed by atoms with E-state index in [9.17, 15) is 5.11 Å². The zero-order valence-corrected chi connectivity index (χ0v) is 9.95. The molecule has 0 aliphatic carbocycles. The Bertz CT molecular complexity index is 314. The highest BCUT2D eigenvalue weighted by molar-refractivity contribution is 5.23. The number of benzene rings is 1. The van der Waals surface area contributed by atoms with Crippen molar-refractivity contribution in [3.63, 3.8) is 0 Å². The van der Waals surface area contributed by atoms with Gasteiger partial charge in [0.05, 0.1) is 6.10 Å². The van der Waals surface area contributed by atoms with Gasteiger partial charge in [-0.2, -0.15) is 0 Å². The maximum Gasteiger partial charge on any atom is 0.0792 e. The number of aliphatic hydroxyl groups excluding tert-OH is 1. The van der Waals surface area contributed by atoms with Crippen molar-refractivity contribution < 1.29 is 5.11 Å². The first-order chi connectivity index (χ1) is 7.75. The van der Waals surface area contributed by atoms with Crippen LogP contribution in [-0.4, -0.2) is 18.2 Å². The van der Waals surface area contributed by atoms with E-state index in [-0.39, 0.29) is 6.10 Å². The summed E-state index contributed by atoms with van der Waals surface area (Å²) in [4.78, 5) is 0. The second-order valence-corrected chi connectivity index (χ2v) is 4.86. The highest BCUT2D eigenvalue weighted by atomic mass is 16.3. The van der Waals surface area contributed by atoms with Gasteiger partial charge < -0.3 is 10.4 Å². The van der Waals surface area contributed by atoms with Crippen molar-refractivity contribution in [2.75, 3.05) is 13.1 Å². The number of nitrogens with one attached hydrogen (secondary N) is 1. The van der Waals surface area contributed by atoms with Crippen LogP contribution in [0, 0.1) is 12.8 Å². The summed E-state index contributed by atoms with van der Waals surface area (Å²) in [6, 6.07) is 8.23. The molecule has 2 nitrogen and oxygen atoms in total. The van der Waals surface area contributed by atoms with Gasteiger partial charge in [-0.3, -0.25) is 0 Å². The summed E-state index contributed by atoms with van der Waals surface area (Å²) in [5.41, 5.74) is 2.31. The summed E-state index contributed by atoms with van der Waals surface area (Å²) in [5.74, 6) is 0.678. The zero-order chi connectivity index (χ0) is 11.4. The van der Waals surface area contributed by atoms with Crippen molar-refractivity contribution in [2.45, 2.75) is 32.3 Å². The number of hydrogen-bond donors (Lipinski definition) is 2. The molecule has 0 saturated carbocycles. The number of aryl methyl sites for hydroxylation is 1. The van der Waals surface area contributed by atoms with Crippen LogP contribution >= 0.6 is 0 Å². The van der Waals surface area contributed by atoms with Crippen molar-refractivity contribution in [3.05, 3.63) is 35.4 Å². The predicted octanol–water partition coefficient (Wildman–Crippen LogP) is 2.42. The molecule has 1 atom stereocenters. The summed E-state index contributed by atoms with van der Waals surface area (Å²) in [5, 5.41) is 13.5. The van der Waals surface area contributed by atoms with Gasteiger partial charge in [-0.1, -0.05) is 29.8 Å². The van der Waals surface area contributed by atoms with Gasteiger partial charge in [0.15, 0.2) is 0 Å². The average Bonchev–Trinajstić information content (AvgIpc) is 2.31. The molecule has 1 aromatic carbocycles. The van der Waals surface area contributed by atoms with E-state index in [2.05, 4.69) is 24.4 Å². The smallest absolute Gasteiger partial charge is 0.0792 e. The molecule has 2 heteroatoms. The van der Waals surface area contributed by atoms with Gasteiger partial charge >= 0.3 is 0 Å². The van der Waals surface area contributed by atoms with Crippen LogP contribution < -0.4 is 5.32 Å². The molecule has 2 rings (SSSR count). The van der Waals surface area contributed by atoms with Gasteiger partial charge in [0, 0.05) is 0 Å². The highest BCUT2D eigenvalue weighted by Gasteiger charge is 2.18. The number of aliphatic hydroxyl groups is 1. The molecule has 0 radical (unpaired) electrons. The van der Waals surface area contributed by atoms with Crippen molar-refractivity contribution in [2.24, 2.45) is 5.92 Å². The Morgan fingerprint density at radius 2 is 1.88 bits per heavy atom. The maximum atomic E-state index is 10.1. The van der Waals surface area contributed by atoms with Crippen LogP contribution in [0.5, 0.6) is 0 Å². The third-order valence-electron chi connectivity index (χ3n) is 3.48. The maximum absolute atomic E-state index is 10.1. The van der Waals surface area contributed by atoms with Gasteiger partial charge in [0.25, 0.3) is 0 Å². The highest BCUT2D eigenvalue weighted by Crippen LogP contribution is 2.26. The first-order valence-corrected chi connectivity index (χ1v) is 6.21. The summed E-state index contributed by atoms with van der Waals surface area (Å²) in [6.07, 6.45) is 3.01. The molecule has 0 amide bonds. The van der Waals surface area contributed by atoms with Crippen LogP contribution in [0.25, 0.3) is 0 Å². The minimum absolute atomic E-state index is 0.288. The molecule has 1 saturated heterocycles. The molecule has 88 valence electrons. The fraction of sp³-hybridized carbons (Fsp3) is 0.571. The van der Waals surface area contributed by atoms with E-state index < -0.39 is 0 Å². The normalized spacial score (nSPS) is 19.6. The van der Waals surface area contributed by atoms with Crippen LogP contribution in [0.2, 0.25) is 0 Å². The quantitative estimate of drug-likeness (QED) is 0.818. The molecule has 16 heavy (non-hydrogen) atoms. The lowest BCUT2D eigenvalue weighted by Crippen LogP contribution is -2.28. The second-order valence-electron chi connectivity index (χ2n) is 4.86. The molecule has 1 unspecified atom stereocenters. The van der Waals surface area contributed by atoms with Crippen molar-refractivity contribution in [1.82, 2.24) is 5.32 Å².